The number of thioether (sulfide) groups is 1. The number of ether oxygens (including phenoxy) is 3. The molecule has 35 heavy (non-hydrogen) atoms. The van der Waals surface area contributed by atoms with Gasteiger partial charge in [-0.2, -0.15) is 11.8 Å². The van der Waals surface area contributed by atoms with Gasteiger partial charge in [0, 0.05) is 6.54 Å². The summed E-state index contributed by atoms with van der Waals surface area (Å²) in [5.41, 5.74) is -2.05. The van der Waals surface area contributed by atoms with Crippen molar-refractivity contribution in [1.82, 2.24) is 16.0 Å². The number of carboxylic acids is 1. The normalized spacial score (nSPS) is 13.7. The minimum Gasteiger partial charge on any atom is -0.480 e. The lowest BCUT2D eigenvalue weighted by molar-refractivity contribution is -0.139. The smallest absolute Gasteiger partial charge is 0.408 e. The van der Waals surface area contributed by atoms with Crippen LogP contribution in [0.2, 0.25) is 0 Å². The number of nitrogens with one attached hydrogen (secondary N) is 3. The first-order valence-electron chi connectivity index (χ1n) is 11.5. The Morgan fingerprint density at radius 3 is 1.60 bits per heavy atom. The summed E-state index contributed by atoms with van der Waals surface area (Å²) in [5.74, 6) is -0.136. The number of hydrogen-bond donors (Lipinski definition) is 4. The molecule has 0 unspecified atom stereocenters. The molecule has 0 spiro atoms. The Balaban J connectivity index is 4.74. The standard InChI is InChI=1S/C23H43N3O8S/c1-21(2,3)32-18(29)24-14-15(25-19(30)33-22(4,5)6)10-12-35-13-11-16(17(27)28)26-20(31)34-23(7,8)9/h15-16H,10-14H2,1-9H3,(H,24,29)(H,25,30)(H,26,31)(H,27,28)/t15-,16+/m1/s1. The molecule has 0 aliphatic carbocycles. The molecule has 0 saturated carbocycles. The Morgan fingerprint density at radius 1 is 0.714 bits per heavy atom. The molecular weight excluding hydrogens is 478 g/mol. The highest BCUT2D eigenvalue weighted by molar-refractivity contribution is 7.99. The predicted octanol–water partition coefficient (Wildman–Crippen LogP) is 3.90. The van der Waals surface area contributed by atoms with E-state index < -0.39 is 53.1 Å². The highest BCUT2D eigenvalue weighted by Gasteiger charge is 2.24. The van der Waals surface area contributed by atoms with Crippen molar-refractivity contribution >= 4 is 36.0 Å². The summed E-state index contributed by atoms with van der Waals surface area (Å²) >= 11 is 1.46. The lowest BCUT2D eigenvalue weighted by Gasteiger charge is -2.25. The van der Waals surface area contributed by atoms with Crippen molar-refractivity contribution in [2.75, 3.05) is 18.1 Å². The minimum atomic E-state index is -1.15. The number of carbonyl (C=O) groups is 4. The molecule has 11 nitrogen and oxygen atoms in total. The Kier molecular flexibility index (Phi) is 13.3. The number of hydrogen-bond acceptors (Lipinski definition) is 8. The zero-order chi connectivity index (χ0) is 27.4. The monoisotopic (exact) mass is 521 g/mol. The molecule has 4 N–H and O–H groups in total. The van der Waals surface area contributed by atoms with Crippen molar-refractivity contribution in [1.29, 1.82) is 0 Å². The molecule has 0 saturated heterocycles. The first kappa shape index (κ1) is 32.6. The van der Waals surface area contributed by atoms with Crippen LogP contribution in [-0.4, -0.2) is 76.3 Å². The lowest BCUT2D eigenvalue weighted by Crippen LogP contribution is -2.46. The zero-order valence-electron chi connectivity index (χ0n) is 22.4. The second-order valence-electron chi connectivity index (χ2n) is 11.0. The highest BCUT2D eigenvalue weighted by Crippen LogP contribution is 2.12. The summed E-state index contributed by atoms with van der Waals surface area (Å²) in [6.45, 7) is 15.7. The van der Waals surface area contributed by atoms with Crippen LogP contribution in [0.1, 0.15) is 75.2 Å². The van der Waals surface area contributed by atoms with E-state index in [2.05, 4.69) is 16.0 Å². The van der Waals surface area contributed by atoms with E-state index in [1.807, 2.05) is 0 Å². The molecule has 0 aromatic rings. The fourth-order valence-corrected chi connectivity index (χ4v) is 3.51. The van der Waals surface area contributed by atoms with Gasteiger partial charge in [0.15, 0.2) is 0 Å². The number of carbonyl (C=O) groups excluding carboxylic acids is 3. The van der Waals surface area contributed by atoms with Crippen LogP contribution < -0.4 is 16.0 Å². The molecule has 0 radical (unpaired) electrons. The number of alkyl carbamates (subject to hydrolysis) is 3. The van der Waals surface area contributed by atoms with Gasteiger partial charge in [-0.1, -0.05) is 0 Å². The molecule has 12 heteroatoms. The van der Waals surface area contributed by atoms with Crippen LogP contribution in [0, 0.1) is 0 Å². The second-order valence-corrected chi connectivity index (χ2v) is 12.2. The van der Waals surface area contributed by atoms with Crippen LogP contribution >= 0.6 is 11.8 Å². The SMILES string of the molecule is CC(C)(C)OC(=O)NC[C@@H](CCSCC[C@H](NC(=O)OC(C)(C)C)C(=O)O)NC(=O)OC(C)(C)C. The van der Waals surface area contributed by atoms with Crippen LogP contribution in [0.15, 0.2) is 0 Å². The quantitative estimate of drug-likeness (QED) is 0.234. The molecule has 0 fully saturated rings. The molecule has 0 aliphatic heterocycles. The predicted molar refractivity (Wildman–Crippen MR) is 135 cm³/mol. The molecule has 2 atom stereocenters. The minimum absolute atomic E-state index is 0.132. The summed E-state index contributed by atoms with van der Waals surface area (Å²) < 4.78 is 15.6. The average molecular weight is 522 g/mol. The van der Waals surface area contributed by atoms with Gasteiger partial charge in [0.05, 0.1) is 6.04 Å². The van der Waals surface area contributed by atoms with E-state index in [0.717, 1.165) is 0 Å². The van der Waals surface area contributed by atoms with Gasteiger partial charge >= 0.3 is 24.2 Å². The summed E-state index contributed by atoms with van der Waals surface area (Å²) in [5, 5.41) is 17.1. The topological polar surface area (TPSA) is 152 Å². The van der Waals surface area contributed by atoms with E-state index in [4.69, 9.17) is 14.2 Å². The van der Waals surface area contributed by atoms with Crippen molar-refractivity contribution in [3.63, 3.8) is 0 Å². The maximum atomic E-state index is 12.2. The molecule has 0 heterocycles. The Bertz CT molecular complexity index is 711. The maximum Gasteiger partial charge on any atom is 0.408 e. The van der Waals surface area contributed by atoms with Gasteiger partial charge in [-0.05, 0) is 86.7 Å². The van der Waals surface area contributed by atoms with E-state index >= 15 is 0 Å². The maximum absolute atomic E-state index is 12.2. The van der Waals surface area contributed by atoms with Crippen molar-refractivity contribution in [3.05, 3.63) is 0 Å². The fraction of sp³-hybridized carbons (Fsp3) is 0.826. The van der Waals surface area contributed by atoms with Gasteiger partial charge in [-0.3, -0.25) is 0 Å². The molecule has 204 valence electrons. The van der Waals surface area contributed by atoms with Gasteiger partial charge < -0.3 is 35.3 Å². The largest absolute Gasteiger partial charge is 0.480 e. The summed E-state index contributed by atoms with van der Waals surface area (Å²) in [4.78, 5) is 47.5. The van der Waals surface area contributed by atoms with E-state index in [-0.39, 0.29) is 13.0 Å². The average Bonchev–Trinajstić information content (AvgIpc) is 2.59. The van der Waals surface area contributed by atoms with Crippen LogP contribution in [0.4, 0.5) is 14.4 Å². The van der Waals surface area contributed by atoms with Gasteiger partial charge in [-0.25, -0.2) is 19.2 Å². The molecule has 0 aliphatic rings. The Labute approximate surface area is 212 Å². The molecule has 3 amide bonds. The zero-order valence-corrected chi connectivity index (χ0v) is 23.2. The first-order chi connectivity index (χ1) is 15.8. The third-order valence-electron chi connectivity index (χ3n) is 3.76. The Morgan fingerprint density at radius 2 is 1.14 bits per heavy atom. The molecule has 0 aromatic heterocycles. The van der Waals surface area contributed by atoms with Crippen molar-refractivity contribution < 1.29 is 38.5 Å². The third-order valence-corrected chi connectivity index (χ3v) is 4.81. The van der Waals surface area contributed by atoms with E-state index in [1.54, 1.807) is 62.3 Å². The van der Waals surface area contributed by atoms with Crippen LogP contribution in [-0.2, 0) is 19.0 Å². The third kappa shape index (κ3) is 19.6. The summed E-state index contributed by atoms with van der Waals surface area (Å²) in [6.07, 6.45) is -1.31. The summed E-state index contributed by atoms with van der Waals surface area (Å²) in [6, 6.07) is -1.51. The van der Waals surface area contributed by atoms with Crippen LogP contribution in [0.25, 0.3) is 0 Å². The fourth-order valence-electron chi connectivity index (χ4n) is 2.46. The first-order valence-corrected chi connectivity index (χ1v) is 12.7. The molecule has 0 rings (SSSR count). The van der Waals surface area contributed by atoms with E-state index in [9.17, 15) is 24.3 Å². The van der Waals surface area contributed by atoms with Crippen LogP contribution in [0.3, 0.4) is 0 Å². The van der Waals surface area contributed by atoms with Gasteiger partial charge in [0.25, 0.3) is 0 Å². The van der Waals surface area contributed by atoms with Gasteiger partial charge in [0.2, 0.25) is 0 Å². The van der Waals surface area contributed by atoms with Crippen molar-refractivity contribution in [3.8, 4) is 0 Å². The van der Waals surface area contributed by atoms with E-state index in [0.29, 0.717) is 17.9 Å². The molecule has 0 bridgehead atoms. The number of carboxylic acid groups (broad SMARTS) is 1. The second kappa shape index (κ2) is 14.3. The molecule has 0 aromatic carbocycles. The van der Waals surface area contributed by atoms with E-state index in [1.165, 1.54) is 11.8 Å². The number of amides is 3. The van der Waals surface area contributed by atoms with Gasteiger partial charge in [-0.15, -0.1) is 0 Å². The van der Waals surface area contributed by atoms with Crippen molar-refractivity contribution in [2.45, 2.75) is 104 Å². The number of rotatable bonds is 11. The van der Waals surface area contributed by atoms with Crippen molar-refractivity contribution in [2.24, 2.45) is 0 Å². The lowest BCUT2D eigenvalue weighted by atomic mass is 10.2. The highest BCUT2D eigenvalue weighted by atomic mass is 32.2. The molecular formula is C23H43N3O8S. The Hall–Kier alpha value is -2.37. The van der Waals surface area contributed by atoms with Crippen LogP contribution in [0.5, 0.6) is 0 Å². The van der Waals surface area contributed by atoms with Gasteiger partial charge in [0.1, 0.15) is 22.8 Å². The summed E-state index contributed by atoms with van der Waals surface area (Å²) in [7, 11) is 0. The number of aliphatic carboxylic acids is 1.